The van der Waals surface area contributed by atoms with Crippen molar-refractivity contribution in [3.8, 4) is 0 Å². The van der Waals surface area contributed by atoms with Gasteiger partial charge in [0.1, 0.15) is 17.5 Å². The molecule has 3 aromatic rings. The van der Waals surface area contributed by atoms with Gasteiger partial charge in [0.2, 0.25) is 5.95 Å². The summed E-state index contributed by atoms with van der Waals surface area (Å²) in [6.45, 7) is 9.52. The molecule has 2 saturated heterocycles. The second-order valence-corrected chi connectivity index (χ2v) is 12.0. The van der Waals surface area contributed by atoms with Crippen LogP contribution in [-0.4, -0.2) is 77.2 Å². The summed E-state index contributed by atoms with van der Waals surface area (Å²) in [5, 5.41) is 16.5. The maximum atomic E-state index is 15.2. The van der Waals surface area contributed by atoms with Crippen LogP contribution in [0.2, 0.25) is 0 Å². The quantitative estimate of drug-likeness (QED) is 0.324. The summed E-state index contributed by atoms with van der Waals surface area (Å²) in [4.78, 5) is 15.9. The molecule has 0 bridgehead atoms. The number of hydrogen-bond donors (Lipinski definition) is 3. The molecule has 0 atom stereocenters. The number of likely N-dealkylation sites (N-methyl/N-ethyl adjacent to an activating group) is 1. The van der Waals surface area contributed by atoms with E-state index in [1.807, 2.05) is 6.07 Å². The molecule has 0 unspecified atom stereocenters. The normalized spacial score (nSPS) is 17.7. The molecule has 5 rings (SSSR count). The summed E-state index contributed by atoms with van der Waals surface area (Å²) in [6.07, 6.45) is 3.68. The lowest BCUT2D eigenvalue weighted by Crippen LogP contribution is -2.52. The molecule has 3 N–H and O–H groups in total. The van der Waals surface area contributed by atoms with Gasteiger partial charge in [-0.2, -0.15) is 4.98 Å². The zero-order valence-corrected chi connectivity index (χ0v) is 24.7. The van der Waals surface area contributed by atoms with Gasteiger partial charge in [0.25, 0.3) is 0 Å². The van der Waals surface area contributed by atoms with Gasteiger partial charge in [-0.15, -0.1) is 0 Å². The van der Waals surface area contributed by atoms with E-state index in [9.17, 15) is 9.50 Å². The predicted molar refractivity (Wildman–Crippen MR) is 159 cm³/mol. The highest BCUT2D eigenvalue weighted by Gasteiger charge is 2.27. The highest BCUT2D eigenvalue weighted by molar-refractivity contribution is 9.10. The standard InChI is InChI=1S/C29H36BrF2N7O/c1-29(2,40)22-6-4-19(31)16-26(22)34-27-23(30)18-33-28(36-27)35-25-7-5-21(17-24(25)32)38-10-8-20(9-11-38)39-14-12-37(3)13-15-39/h4-7,16-18,20,40H,8-15H2,1-3H3,(H2,33,34,35,36). The van der Waals surface area contributed by atoms with E-state index in [1.165, 1.54) is 24.4 Å². The van der Waals surface area contributed by atoms with Gasteiger partial charge in [0.15, 0.2) is 0 Å². The van der Waals surface area contributed by atoms with Crippen LogP contribution in [0.3, 0.4) is 0 Å². The summed E-state index contributed by atoms with van der Waals surface area (Å²) >= 11 is 3.41. The zero-order valence-electron chi connectivity index (χ0n) is 23.1. The number of anilines is 5. The Bertz CT molecular complexity index is 1340. The van der Waals surface area contributed by atoms with Crippen molar-refractivity contribution in [3.63, 3.8) is 0 Å². The fourth-order valence-electron chi connectivity index (χ4n) is 5.39. The van der Waals surface area contributed by atoms with E-state index in [4.69, 9.17) is 0 Å². The Hall–Kier alpha value is -2.86. The monoisotopic (exact) mass is 615 g/mol. The second kappa shape index (κ2) is 11.9. The minimum absolute atomic E-state index is 0.173. The summed E-state index contributed by atoms with van der Waals surface area (Å²) in [6, 6.07) is 9.89. The molecule has 0 aliphatic carbocycles. The van der Waals surface area contributed by atoms with E-state index in [2.05, 4.69) is 58.3 Å². The average molecular weight is 617 g/mol. The Morgan fingerprint density at radius 2 is 1.68 bits per heavy atom. The van der Waals surface area contributed by atoms with Gasteiger partial charge in [-0.1, -0.05) is 6.07 Å². The molecule has 0 radical (unpaired) electrons. The number of piperazine rings is 1. The number of piperidine rings is 1. The number of nitrogens with zero attached hydrogens (tertiary/aromatic N) is 5. The van der Waals surface area contributed by atoms with Crippen molar-refractivity contribution >= 4 is 44.8 Å². The van der Waals surface area contributed by atoms with Crippen LogP contribution in [0.4, 0.5) is 37.6 Å². The smallest absolute Gasteiger partial charge is 0.229 e. The molecule has 0 spiro atoms. The van der Waals surface area contributed by atoms with Crippen molar-refractivity contribution in [2.45, 2.75) is 38.3 Å². The molecule has 2 aliphatic heterocycles. The highest BCUT2D eigenvalue weighted by Crippen LogP contribution is 2.33. The zero-order chi connectivity index (χ0) is 28.4. The van der Waals surface area contributed by atoms with Gasteiger partial charge >= 0.3 is 0 Å². The molecule has 0 amide bonds. The number of aliphatic hydroxyl groups is 1. The van der Waals surface area contributed by atoms with Crippen LogP contribution in [0.25, 0.3) is 0 Å². The first-order valence-corrected chi connectivity index (χ1v) is 14.4. The Labute approximate surface area is 242 Å². The van der Waals surface area contributed by atoms with Crippen LogP contribution in [0.5, 0.6) is 0 Å². The molecule has 2 aliphatic rings. The molecular formula is C29H36BrF2N7O. The molecule has 8 nitrogen and oxygen atoms in total. The Morgan fingerprint density at radius 1 is 0.950 bits per heavy atom. The molecule has 1 aromatic heterocycles. The van der Waals surface area contributed by atoms with E-state index in [0.29, 0.717) is 27.6 Å². The van der Waals surface area contributed by atoms with Crippen molar-refractivity contribution in [2.75, 3.05) is 61.8 Å². The van der Waals surface area contributed by atoms with Crippen LogP contribution < -0.4 is 15.5 Å². The van der Waals surface area contributed by atoms with Crippen LogP contribution in [-0.2, 0) is 5.60 Å². The fourth-order valence-corrected chi connectivity index (χ4v) is 5.68. The number of halogens is 3. The van der Waals surface area contributed by atoms with E-state index < -0.39 is 17.2 Å². The molecule has 2 aromatic carbocycles. The third-order valence-corrected chi connectivity index (χ3v) is 8.30. The van der Waals surface area contributed by atoms with Crippen molar-refractivity contribution in [2.24, 2.45) is 0 Å². The molecule has 214 valence electrons. The van der Waals surface area contributed by atoms with Crippen LogP contribution in [0.1, 0.15) is 32.3 Å². The van der Waals surface area contributed by atoms with Crippen LogP contribution >= 0.6 is 15.9 Å². The summed E-state index contributed by atoms with van der Waals surface area (Å²) in [7, 11) is 2.17. The Kier molecular flexibility index (Phi) is 8.55. The topological polar surface area (TPSA) is 79.8 Å². The highest BCUT2D eigenvalue weighted by atomic mass is 79.9. The first-order valence-electron chi connectivity index (χ1n) is 13.6. The van der Waals surface area contributed by atoms with Gasteiger partial charge in [0.05, 0.1) is 15.8 Å². The lowest BCUT2D eigenvalue weighted by Gasteiger charge is -2.42. The van der Waals surface area contributed by atoms with Crippen LogP contribution in [0.15, 0.2) is 47.1 Å². The first kappa shape index (κ1) is 28.7. The number of rotatable bonds is 7. The SMILES string of the molecule is CN1CCN(C2CCN(c3ccc(Nc4ncc(Br)c(Nc5cc(F)ccc5C(C)(C)O)n4)c(F)c3)CC2)CC1. The van der Waals surface area contributed by atoms with E-state index in [1.54, 1.807) is 26.0 Å². The molecule has 2 fully saturated rings. The minimum atomic E-state index is -1.21. The third-order valence-electron chi connectivity index (χ3n) is 7.72. The Balaban J connectivity index is 1.25. The predicted octanol–water partition coefficient (Wildman–Crippen LogP) is 5.45. The van der Waals surface area contributed by atoms with Gasteiger partial charge in [0, 0.05) is 68.4 Å². The van der Waals surface area contributed by atoms with Crippen molar-refractivity contribution in [1.29, 1.82) is 0 Å². The largest absolute Gasteiger partial charge is 0.386 e. The molecular weight excluding hydrogens is 580 g/mol. The second-order valence-electron chi connectivity index (χ2n) is 11.1. The summed E-state index contributed by atoms with van der Waals surface area (Å²) < 4.78 is 29.7. The maximum absolute atomic E-state index is 15.2. The lowest BCUT2D eigenvalue weighted by molar-refractivity contribution is 0.0793. The number of benzene rings is 2. The molecule has 11 heteroatoms. The van der Waals surface area contributed by atoms with Crippen molar-refractivity contribution in [1.82, 2.24) is 19.8 Å². The molecule has 3 heterocycles. The minimum Gasteiger partial charge on any atom is -0.386 e. The van der Waals surface area contributed by atoms with Crippen molar-refractivity contribution < 1.29 is 13.9 Å². The Morgan fingerprint density at radius 3 is 2.35 bits per heavy atom. The van der Waals surface area contributed by atoms with E-state index in [-0.39, 0.29) is 11.6 Å². The van der Waals surface area contributed by atoms with E-state index in [0.717, 1.165) is 57.8 Å². The molecule has 40 heavy (non-hydrogen) atoms. The van der Waals surface area contributed by atoms with Gasteiger partial charge < -0.3 is 25.5 Å². The first-order chi connectivity index (χ1) is 19.1. The third kappa shape index (κ3) is 6.71. The lowest BCUT2D eigenvalue weighted by atomic mass is 9.96. The van der Waals surface area contributed by atoms with Gasteiger partial charge in [-0.05, 0) is 80.0 Å². The number of nitrogens with one attached hydrogen (secondary N) is 2. The summed E-state index contributed by atoms with van der Waals surface area (Å²) in [5.74, 6) is -0.334. The summed E-state index contributed by atoms with van der Waals surface area (Å²) in [5.41, 5.74) is 0.783. The van der Waals surface area contributed by atoms with Crippen molar-refractivity contribution in [3.05, 3.63) is 64.3 Å². The molecule has 0 saturated carbocycles. The van der Waals surface area contributed by atoms with Gasteiger partial charge in [-0.3, -0.25) is 4.90 Å². The van der Waals surface area contributed by atoms with Crippen LogP contribution in [0, 0.1) is 11.6 Å². The number of aromatic nitrogens is 2. The average Bonchev–Trinajstić information content (AvgIpc) is 2.91. The van der Waals surface area contributed by atoms with Gasteiger partial charge in [-0.25, -0.2) is 13.8 Å². The van der Waals surface area contributed by atoms with E-state index >= 15 is 4.39 Å². The fraction of sp³-hybridized carbons (Fsp3) is 0.448. The maximum Gasteiger partial charge on any atom is 0.229 e. The number of hydrogen-bond acceptors (Lipinski definition) is 8.